The summed E-state index contributed by atoms with van der Waals surface area (Å²) in [6.07, 6.45) is 0. The van der Waals surface area contributed by atoms with E-state index in [1.54, 1.807) is 13.8 Å². The largest absolute Gasteiger partial charge is 0.357 e. The summed E-state index contributed by atoms with van der Waals surface area (Å²) in [4.78, 5) is 34.0. The van der Waals surface area contributed by atoms with E-state index in [1.165, 1.54) is 13.8 Å². The summed E-state index contributed by atoms with van der Waals surface area (Å²) in [6, 6.07) is 0. The van der Waals surface area contributed by atoms with Gasteiger partial charge in [0.05, 0.1) is 11.4 Å². The van der Waals surface area contributed by atoms with Gasteiger partial charge in [-0.25, -0.2) is 9.59 Å². The Morgan fingerprint density at radius 2 is 1.38 bits per heavy atom. The Hall–Kier alpha value is -2.44. The van der Waals surface area contributed by atoms with E-state index in [0.29, 0.717) is 11.4 Å². The predicted octanol–water partition coefficient (Wildman–Crippen LogP) is 2.21. The number of H-pyrrole nitrogens is 1. The van der Waals surface area contributed by atoms with Gasteiger partial charge < -0.3 is 14.7 Å². The van der Waals surface area contributed by atoms with Crippen LogP contribution in [0.2, 0.25) is 0 Å². The number of aromatic nitrogens is 1. The van der Waals surface area contributed by atoms with E-state index in [1.807, 2.05) is 13.8 Å². The zero-order valence-corrected chi connectivity index (χ0v) is 13.0. The van der Waals surface area contributed by atoms with Crippen LogP contribution in [0.3, 0.4) is 0 Å². The molecule has 0 unspecified atom stereocenters. The fraction of sp³-hybridized carbons (Fsp3) is 0.429. The molecule has 1 rings (SSSR count). The summed E-state index contributed by atoms with van der Waals surface area (Å²) in [6.45, 7) is 9.79. The van der Waals surface area contributed by atoms with Crippen LogP contribution in [0, 0.1) is 13.8 Å². The third-order valence-corrected chi connectivity index (χ3v) is 2.78. The van der Waals surface area contributed by atoms with Crippen LogP contribution in [0.1, 0.15) is 50.2 Å². The summed E-state index contributed by atoms with van der Waals surface area (Å²) >= 11 is 0. The molecule has 7 heteroatoms. The molecule has 114 valence electrons. The molecule has 7 nitrogen and oxygen atoms in total. The number of nitrogens with one attached hydrogen (secondary N) is 1. The van der Waals surface area contributed by atoms with Crippen molar-refractivity contribution in [3.8, 4) is 0 Å². The Morgan fingerprint density at radius 3 is 1.86 bits per heavy atom. The molecule has 0 amide bonds. The summed E-state index contributed by atoms with van der Waals surface area (Å²) in [5.74, 6) is -0.962. The Bertz CT molecular complexity index is 626. The predicted molar refractivity (Wildman–Crippen MR) is 78.2 cm³/mol. The van der Waals surface area contributed by atoms with Crippen molar-refractivity contribution in [3.05, 3.63) is 22.5 Å². The van der Waals surface area contributed by atoms with Gasteiger partial charge in [0.15, 0.2) is 0 Å². The number of carbonyl (C=O) groups is 2. The Labute approximate surface area is 123 Å². The number of aryl methyl sites for hydroxylation is 1. The monoisotopic (exact) mass is 293 g/mol. The molecule has 0 aliphatic carbocycles. The minimum atomic E-state index is -0.483. The number of rotatable bonds is 4. The average molecular weight is 293 g/mol. The maximum atomic E-state index is 10.8. The molecule has 1 heterocycles. The van der Waals surface area contributed by atoms with Crippen LogP contribution in [-0.2, 0) is 19.3 Å². The highest BCUT2D eigenvalue weighted by Crippen LogP contribution is 2.20. The molecule has 1 aromatic rings. The van der Waals surface area contributed by atoms with Crippen molar-refractivity contribution in [1.82, 2.24) is 4.98 Å². The van der Waals surface area contributed by atoms with Gasteiger partial charge in [0.25, 0.3) is 0 Å². The molecule has 0 aliphatic rings. The molecule has 0 saturated heterocycles. The van der Waals surface area contributed by atoms with Gasteiger partial charge in [-0.3, -0.25) is 0 Å². The molecular weight excluding hydrogens is 274 g/mol. The second-order valence-corrected chi connectivity index (χ2v) is 4.64. The lowest BCUT2D eigenvalue weighted by molar-refractivity contribution is -0.141. The molecular formula is C14H19N3O4. The quantitative estimate of drug-likeness (QED) is 0.523. The number of hydrogen-bond donors (Lipinski definition) is 1. The van der Waals surface area contributed by atoms with Crippen LogP contribution in [0.5, 0.6) is 0 Å². The zero-order valence-electron chi connectivity index (χ0n) is 13.0. The Kier molecular flexibility index (Phi) is 5.40. The zero-order chi connectivity index (χ0) is 16.2. The topological polar surface area (TPSA) is 93.1 Å². The standard InChI is InChI=1S/C14H19N3O4/c1-7-13(9(3)16-20-11(5)18)8(2)15-14(7)10(4)17-21-12(6)19/h15H,1-6H3/b16-9-,17-10+. The SMILES string of the molecule is CC(=O)O/N=C(/C)c1c(C)[nH]c(/C(C)=N/OC(C)=O)c1C. The van der Waals surface area contributed by atoms with Crippen LogP contribution in [0.25, 0.3) is 0 Å². The van der Waals surface area contributed by atoms with Gasteiger partial charge in [0, 0.05) is 25.1 Å². The van der Waals surface area contributed by atoms with Crippen LogP contribution in [0.15, 0.2) is 10.3 Å². The highest BCUT2D eigenvalue weighted by Gasteiger charge is 2.16. The van der Waals surface area contributed by atoms with E-state index >= 15 is 0 Å². The molecule has 0 saturated carbocycles. The van der Waals surface area contributed by atoms with E-state index < -0.39 is 11.9 Å². The molecule has 0 bridgehead atoms. The van der Waals surface area contributed by atoms with E-state index in [-0.39, 0.29) is 0 Å². The lowest BCUT2D eigenvalue weighted by atomic mass is 10.1. The van der Waals surface area contributed by atoms with E-state index in [9.17, 15) is 9.59 Å². The van der Waals surface area contributed by atoms with Crippen LogP contribution in [-0.4, -0.2) is 28.3 Å². The molecule has 0 radical (unpaired) electrons. The maximum Gasteiger partial charge on any atom is 0.331 e. The smallest absolute Gasteiger partial charge is 0.331 e. The lowest BCUT2D eigenvalue weighted by Crippen LogP contribution is -2.04. The lowest BCUT2D eigenvalue weighted by Gasteiger charge is -2.02. The van der Waals surface area contributed by atoms with Crippen molar-refractivity contribution < 1.29 is 19.3 Å². The van der Waals surface area contributed by atoms with Gasteiger partial charge in [0.1, 0.15) is 5.71 Å². The fourth-order valence-electron chi connectivity index (χ4n) is 2.01. The number of carbonyl (C=O) groups excluding carboxylic acids is 2. The summed E-state index contributed by atoms with van der Waals surface area (Å²) in [7, 11) is 0. The van der Waals surface area contributed by atoms with Gasteiger partial charge >= 0.3 is 11.9 Å². The molecule has 0 atom stereocenters. The molecule has 21 heavy (non-hydrogen) atoms. The van der Waals surface area contributed by atoms with Gasteiger partial charge in [-0.15, -0.1) is 0 Å². The van der Waals surface area contributed by atoms with Crippen LogP contribution >= 0.6 is 0 Å². The summed E-state index contributed by atoms with van der Waals surface area (Å²) < 4.78 is 0. The van der Waals surface area contributed by atoms with Crippen molar-refractivity contribution >= 4 is 23.4 Å². The van der Waals surface area contributed by atoms with Crippen LogP contribution < -0.4 is 0 Å². The van der Waals surface area contributed by atoms with Crippen molar-refractivity contribution in [2.75, 3.05) is 0 Å². The first-order chi connectivity index (χ1) is 9.73. The first kappa shape index (κ1) is 16.6. The molecule has 0 aliphatic heterocycles. The third kappa shape index (κ3) is 4.27. The van der Waals surface area contributed by atoms with Gasteiger partial charge in [-0.1, -0.05) is 10.3 Å². The maximum absolute atomic E-state index is 10.8. The van der Waals surface area contributed by atoms with Gasteiger partial charge in [0.2, 0.25) is 0 Å². The Balaban J connectivity index is 3.16. The van der Waals surface area contributed by atoms with E-state index in [4.69, 9.17) is 0 Å². The van der Waals surface area contributed by atoms with Crippen molar-refractivity contribution in [3.63, 3.8) is 0 Å². The molecule has 0 aromatic carbocycles. The molecule has 1 aromatic heterocycles. The van der Waals surface area contributed by atoms with Crippen molar-refractivity contribution in [2.24, 2.45) is 10.3 Å². The normalized spacial score (nSPS) is 12.3. The minimum absolute atomic E-state index is 0.479. The minimum Gasteiger partial charge on any atom is -0.357 e. The fourth-order valence-corrected chi connectivity index (χ4v) is 2.01. The number of oxime groups is 2. The third-order valence-electron chi connectivity index (χ3n) is 2.78. The van der Waals surface area contributed by atoms with E-state index in [0.717, 1.165) is 22.5 Å². The van der Waals surface area contributed by atoms with E-state index in [2.05, 4.69) is 25.0 Å². The molecule has 0 fully saturated rings. The number of aromatic amines is 1. The van der Waals surface area contributed by atoms with Crippen LogP contribution in [0.4, 0.5) is 0 Å². The second-order valence-electron chi connectivity index (χ2n) is 4.64. The van der Waals surface area contributed by atoms with Gasteiger partial charge in [-0.05, 0) is 33.3 Å². The first-order valence-corrected chi connectivity index (χ1v) is 6.38. The highest BCUT2D eigenvalue weighted by atomic mass is 16.7. The second kappa shape index (κ2) is 6.83. The average Bonchev–Trinajstić information content (AvgIpc) is 2.68. The number of hydrogen-bond acceptors (Lipinski definition) is 6. The summed E-state index contributed by atoms with van der Waals surface area (Å²) in [5, 5.41) is 7.54. The first-order valence-electron chi connectivity index (χ1n) is 6.38. The summed E-state index contributed by atoms with van der Waals surface area (Å²) in [5.41, 5.74) is 4.42. The van der Waals surface area contributed by atoms with Crippen molar-refractivity contribution in [1.29, 1.82) is 0 Å². The van der Waals surface area contributed by atoms with Crippen molar-refractivity contribution in [2.45, 2.75) is 41.5 Å². The molecule has 1 N–H and O–H groups in total. The highest BCUT2D eigenvalue weighted by molar-refractivity contribution is 6.06. The number of nitrogens with zero attached hydrogens (tertiary/aromatic N) is 2. The Morgan fingerprint density at radius 1 is 0.905 bits per heavy atom. The van der Waals surface area contributed by atoms with Gasteiger partial charge in [-0.2, -0.15) is 0 Å². The molecule has 0 spiro atoms.